The lowest BCUT2D eigenvalue weighted by Crippen LogP contribution is -2.19. The predicted molar refractivity (Wildman–Crippen MR) is 71.1 cm³/mol. The fourth-order valence-electron chi connectivity index (χ4n) is 1.69. The summed E-state index contributed by atoms with van der Waals surface area (Å²) in [7, 11) is 0. The van der Waals surface area contributed by atoms with Gasteiger partial charge in [-0.05, 0) is 17.7 Å². The van der Waals surface area contributed by atoms with Crippen LogP contribution in [0.4, 0.5) is 13.2 Å². The van der Waals surface area contributed by atoms with E-state index in [4.69, 9.17) is 5.73 Å². The van der Waals surface area contributed by atoms with E-state index in [0.29, 0.717) is 5.16 Å². The van der Waals surface area contributed by atoms with Crippen LogP contribution >= 0.6 is 11.8 Å². The second-order valence-electron chi connectivity index (χ2n) is 4.03. The van der Waals surface area contributed by atoms with Crippen LogP contribution in [0.15, 0.2) is 47.9 Å². The molecule has 0 fully saturated rings. The molecule has 1 heterocycles. The number of aromatic nitrogens is 2. The van der Waals surface area contributed by atoms with Crippen molar-refractivity contribution in [2.75, 3.05) is 5.75 Å². The maximum atomic E-state index is 12.9. The average Bonchev–Trinajstić information content (AvgIpc) is 2.45. The molecule has 1 aromatic heterocycles. The van der Waals surface area contributed by atoms with Gasteiger partial charge in [-0.25, -0.2) is 9.97 Å². The topological polar surface area (TPSA) is 51.8 Å². The molecule has 20 heavy (non-hydrogen) atoms. The Morgan fingerprint density at radius 3 is 2.40 bits per heavy atom. The Morgan fingerprint density at radius 2 is 1.75 bits per heavy atom. The molecule has 0 saturated carbocycles. The minimum Gasteiger partial charge on any atom is -0.323 e. The van der Waals surface area contributed by atoms with Gasteiger partial charge in [0.25, 0.3) is 0 Å². The van der Waals surface area contributed by atoms with Crippen molar-refractivity contribution in [3.63, 3.8) is 0 Å². The molecule has 2 rings (SSSR count). The highest BCUT2D eigenvalue weighted by molar-refractivity contribution is 7.99. The number of nitrogens with two attached hydrogens (primary N) is 1. The third-order valence-electron chi connectivity index (χ3n) is 2.60. The fourth-order valence-corrected chi connectivity index (χ4v) is 2.47. The van der Waals surface area contributed by atoms with Crippen LogP contribution in [0.5, 0.6) is 0 Å². The molecule has 0 bridgehead atoms. The summed E-state index contributed by atoms with van der Waals surface area (Å²) in [5.74, 6) is 0.275. The minimum atomic E-state index is -4.40. The average molecular weight is 299 g/mol. The predicted octanol–water partition coefficient (Wildman–Crippen LogP) is 3.29. The van der Waals surface area contributed by atoms with Gasteiger partial charge in [0.1, 0.15) is 0 Å². The number of halogens is 3. The van der Waals surface area contributed by atoms with Gasteiger partial charge >= 0.3 is 6.18 Å². The number of hydrogen-bond acceptors (Lipinski definition) is 4. The molecule has 1 aromatic carbocycles. The van der Waals surface area contributed by atoms with Crippen LogP contribution in [0, 0.1) is 0 Å². The highest BCUT2D eigenvalue weighted by atomic mass is 32.2. The van der Waals surface area contributed by atoms with Gasteiger partial charge in [-0.15, -0.1) is 0 Å². The number of benzene rings is 1. The third kappa shape index (κ3) is 3.71. The molecule has 0 amide bonds. The highest BCUT2D eigenvalue weighted by Gasteiger charge is 2.34. The Morgan fingerprint density at radius 1 is 1.10 bits per heavy atom. The molecule has 0 saturated heterocycles. The summed E-state index contributed by atoms with van der Waals surface area (Å²) in [5.41, 5.74) is 5.26. The second-order valence-corrected chi connectivity index (χ2v) is 5.02. The molecule has 106 valence electrons. The molecule has 1 unspecified atom stereocenters. The van der Waals surface area contributed by atoms with Crippen molar-refractivity contribution in [3.05, 3.63) is 53.9 Å². The molecule has 3 nitrogen and oxygen atoms in total. The normalized spacial score (nSPS) is 13.2. The van der Waals surface area contributed by atoms with Crippen molar-refractivity contribution >= 4 is 11.8 Å². The summed E-state index contributed by atoms with van der Waals surface area (Å²) in [4.78, 5) is 7.98. The first-order valence-electron chi connectivity index (χ1n) is 5.80. The van der Waals surface area contributed by atoms with Crippen LogP contribution in [0.25, 0.3) is 0 Å². The van der Waals surface area contributed by atoms with Crippen LogP contribution in [0.2, 0.25) is 0 Å². The Hall–Kier alpha value is -1.60. The summed E-state index contributed by atoms with van der Waals surface area (Å²) in [5, 5.41) is 0.493. The van der Waals surface area contributed by atoms with Gasteiger partial charge in [0.05, 0.1) is 5.56 Å². The van der Waals surface area contributed by atoms with E-state index in [-0.39, 0.29) is 11.3 Å². The first-order chi connectivity index (χ1) is 9.48. The molecular formula is C13H12F3N3S. The number of hydrogen-bond donors (Lipinski definition) is 1. The van der Waals surface area contributed by atoms with Crippen molar-refractivity contribution in [3.8, 4) is 0 Å². The van der Waals surface area contributed by atoms with Gasteiger partial charge in [-0.2, -0.15) is 13.2 Å². The molecule has 2 N–H and O–H groups in total. The SMILES string of the molecule is NC(CSc1ncccn1)c1ccccc1C(F)(F)F. The fraction of sp³-hybridized carbons (Fsp3) is 0.231. The van der Waals surface area contributed by atoms with Crippen molar-refractivity contribution in [2.24, 2.45) is 5.73 Å². The minimum absolute atomic E-state index is 0.0865. The highest BCUT2D eigenvalue weighted by Crippen LogP contribution is 2.34. The molecule has 0 aliphatic rings. The first kappa shape index (κ1) is 14.8. The van der Waals surface area contributed by atoms with Crippen LogP contribution in [-0.4, -0.2) is 15.7 Å². The third-order valence-corrected chi connectivity index (χ3v) is 3.59. The zero-order valence-electron chi connectivity index (χ0n) is 10.3. The van der Waals surface area contributed by atoms with E-state index in [0.717, 1.165) is 6.07 Å². The van der Waals surface area contributed by atoms with Gasteiger partial charge in [-0.3, -0.25) is 0 Å². The summed E-state index contributed by atoms with van der Waals surface area (Å²) in [6.45, 7) is 0. The Kier molecular flexibility index (Phi) is 4.61. The van der Waals surface area contributed by atoms with E-state index in [1.165, 1.54) is 23.9 Å². The number of rotatable bonds is 4. The molecule has 2 aromatic rings. The maximum Gasteiger partial charge on any atom is 0.416 e. The standard InChI is InChI=1S/C13H12F3N3S/c14-13(15,16)10-5-2-1-4-9(10)11(17)8-20-12-18-6-3-7-19-12/h1-7,11H,8,17H2. The van der Waals surface area contributed by atoms with Gasteiger partial charge < -0.3 is 5.73 Å². The van der Waals surface area contributed by atoms with Crippen LogP contribution < -0.4 is 5.73 Å². The van der Waals surface area contributed by atoms with Gasteiger partial charge in [0.15, 0.2) is 5.16 Å². The Labute approximate surface area is 118 Å². The molecule has 0 aliphatic heterocycles. The molecule has 1 atom stereocenters. The first-order valence-corrected chi connectivity index (χ1v) is 6.78. The monoisotopic (exact) mass is 299 g/mol. The van der Waals surface area contributed by atoms with E-state index in [2.05, 4.69) is 9.97 Å². The van der Waals surface area contributed by atoms with Crippen LogP contribution in [0.3, 0.4) is 0 Å². The molecular weight excluding hydrogens is 287 g/mol. The molecule has 0 radical (unpaired) electrons. The zero-order valence-corrected chi connectivity index (χ0v) is 11.2. The number of alkyl halides is 3. The zero-order chi connectivity index (χ0) is 14.6. The summed E-state index contributed by atoms with van der Waals surface area (Å²) in [6, 6.07) is 6.28. The molecule has 0 aliphatic carbocycles. The van der Waals surface area contributed by atoms with E-state index >= 15 is 0 Å². The summed E-state index contributed by atoms with van der Waals surface area (Å²) >= 11 is 1.23. The summed E-state index contributed by atoms with van der Waals surface area (Å²) < 4.78 is 38.7. The van der Waals surface area contributed by atoms with E-state index in [9.17, 15) is 13.2 Å². The van der Waals surface area contributed by atoms with Crippen LogP contribution in [0.1, 0.15) is 17.2 Å². The number of nitrogens with zero attached hydrogens (tertiary/aromatic N) is 2. The van der Waals surface area contributed by atoms with Crippen molar-refractivity contribution in [1.82, 2.24) is 9.97 Å². The van der Waals surface area contributed by atoms with E-state index in [1.54, 1.807) is 24.5 Å². The molecule has 0 spiro atoms. The van der Waals surface area contributed by atoms with Crippen molar-refractivity contribution in [1.29, 1.82) is 0 Å². The second kappa shape index (κ2) is 6.23. The van der Waals surface area contributed by atoms with E-state index < -0.39 is 17.8 Å². The Bertz CT molecular complexity index is 560. The maximum absolute atomic E-state index is 12.9. The van der Waals surface area contributed by atoms with Crippen molar-refractivity contribution < 1.29 is 13.2 Å². The smallest absolute Gasteiger partial charge is 0.323 e. The van der Waals surface area contributed by atoms with E-state index in [1.807, 2.05) is 0 Å². The quantitative estimate of drug-likeness (QED) is 0.695. The van der Waals surface area contributed by atoms with Crippen LogP contribution in [-0.2, 0) is 6.18 Å². The lowest BCUT2D eigenvalue weighted by atomic mass is 10.0. The Balaban J connectivity index is 2.12. The van der Waals surface area contributed by atoms with Gasteiger partial charge in [0.2, 0.25) is 0 Å². The van der Waals surface area contributed by atoms with Gasteiger partial charge in [0, 0.05) is 24.2 Å². The van der Waals surface area contributed by atoms with Gasteiger partial charge in [-0.1, -0.05) is 30.0 Å². The largest absolute Gasteiger partial charge is 0.416 e. The lowest BCUT2D eigenvalue weighted by molar-refractivity contribution is -0.138. The summed E-state index contributed by atoms with van der Waals surface area (Å²) in [6.07, 6.45) is -1.25. The number of thioether (sulfide) groups is 1. The van der Waals surface area contributed by atoms with Crippen molar-refractivity contribution in [2.45, 2.75) is 17.4 Å². The molecule has 7 heteroatoms. The lowest BCUT2D eigenvalue weighted by Gasteiger charge is -2.17.